The minimum absolute atomic E-state index is 0.0344. The molecule has 0 fully saturated rings. The van der Waals surface area contributed by atoms with Crippen LogP contribution in [0.5, 0.6) is 11.5 Å². The summed E-state index contributed by atoms with van der Waals surface area (Å²) >= 11 is 0. The molecule has 0 saturated heterocycles. The van der Waals surface area contributed by atoms with Gasteiger partial charge in [-0.1, -0.05) is 12.1 Å². The summed E-state index contributed by atoms with van der Waals surface area (Å²) in [5.41, 5.74) is 0.429. The number of nitrogens with zero attached hydrogens (tertiary/aromatic N) is 1. The Morgan fingerprint density at radius 2 is 1.85 bits per heavy atom. The maximum Gasteiger partial charge on any atom is 0.314 e. The zero-order chi connectivity index (χ0) is 19.3. The highest BCUT2D eigenvalue weighted by Crippen LogP contribution is 2.31. The Bertz CT molecular complexity index is 795. The molecule has 0 heterocycles. The molecule has 8 heteroatoms. The minimum Gasteiger partial charge on any atom is -0.496 e. The molecule has 0 aliphatic carbocycles. The molecule has 0 aliphatic rings. The Kier molecular flexibility index (Phi) is 6.11. The van der Waals surface area contributed by atoms with Gasteiger partial charge in [0.25, 0.3) is 5.91 Å². The maximum atomic E-state index is 13.0. The number of nitrogens with one attached hydrogen (secondary N) is 1. The van der Waals surface area contributed by atoms with Gasteiger partial charge in [-0.15, -0.1) is 0 Å². The molecule has 1 N–H and O–H groups in total. The summed E-state index contributed by atoms with van der Waals surface area (Å²) in [5, 5.41) is 13.9. The first kappa shape index (κ1) is 19.2. The van der Waals surface area contributed by atoms with Crippen molar-refractivity contribution >= 4 is 11.6 Å². The van der Waals surface area contributed by atoms with Gasteiger partial charge in [0, 0.05) is 0 Å². The normalized spacial score (nSPS) is 12.8. The standard InChI is InChI=1S/C18H19FN2O5/c1-11(13-4-6-14(19)7-5-13)20-18(22)12(2)26-17-9-8-15(25-3)10-16(17)21(23)24/h4-12H,1-3H3,(H,20,22)/t11-,12-/m0/s1. The predicted octanol–water partition coefficient (Wildman–Crippen LogP) is 3.39. The van der Waals surface area contributed by atoms with Crippen molar-refractivity contribution in [2.24, 2.45) is 0 Å². The van der Waals surface area contributed by atoms with Crippen molar-refractivity contribution in [1.29, 1.82) is 0 Å². The van der Waals surface area contributed by atoms with Crippen molar-refractivity contribution in [3.8, 4) is 11.5 Å². The first-order valence-electron chi connectivity index (χ1n) is 7.86. The number of amides is 1. The second kappa shape index (κ2) is 8.28. The number of benzene rings is 2. The fourth-order valence-electron chi connectivity index (χ4n) is 2.28. The molecule has 1 amide bonds. The van der Waals surface area contributed by atoms with Gasteiger partial charge in [0.1, 0.15) is 11.6 Å². The fourth-order valence-corrected chi connectivity index (χ4v) is 2.28. The van der Waals surface area contributed by atoms with Crippen LogP contribution in [0.25, 0.3) is 0 Å². The maximum absolute atomic E-state index is 13.0. The van der Waals surface area contributed by atoms with Crippen molar-refractivity contribution < 1.29 is 23.6 Å². The summed E-state index contributed by atoms with van der Waals surface area (Å²) in [4.78, 5) is 22.9. The third kappa shape index (κ3) is 4.69. The van der Waals surface area contributed by atoms with Gasteiger partial charge >= 0.3 is 5.69 Å². The summed E-state index contributed by atoms with van der Waals surface area (Å²) in [5.74, 6) is -0.540. The Labute approximate surface area is 149 Å². The lowest BCUT2D eigenvalue weighted by molar-refractivity contribution is -0.386. The van der Waals surface area contributed by atoms with Crippen molar-refractivity contribution in [2.45, 2.75) is 26.0 Å². The molecule has 2 rings (SSSR count). The van der Waals surface area contributed by atoms with Gasteiger partial charge in [0.15, 0.2) is 11.9 Å². The molecule has 0 aliphatic heterocycles. The summed E-state index contributed by atoms with van der Waals surface area (Å²) in [6, 6.07) is 9.48. The molecule has 0 spiro atoms. The SMILES string of the molecule is COc1ccc(O[C@@H](C)C(=O)N[C@@H](C)c2ccc(F)cc2)c([N+](=O)[O-])c1. The van der Waals surface area contributed by atoms with E-state index in [1.165, 1.54) is 44.4 Å². The first-order valence-corrected chi connectivity index (χ1v) is 7.86. The van der Waals surface area contributed by atoms with E-state index in [1.807, 2.05) is 0 Å². The molecule has 0 unspecified atom stereocenters. The smallest absolute Gasteiger partial charge is 0.314 e. The highest BCUT2D eigenvalue weighted by molar-refractivity contribution is 5.81. The number of hydrogen-bond acceptors (Lipinski definition) is 5. The predicted molar refractivity (Wildman–Crippen MR) is 92.7 cm³/mol. The number of ether oxygens (including phenoxy) is 2. The number of nitro groups is 1. The number of halogens is 1. The van der Waals surface area contributed by atoms with Gasteiger partial charge in [0.2, 0.25) is 0 Å². The van der Waals surface area contributed by atoms with E-state index >= 15 is 0 Å². The number of nitro benzene ring substituents is 1. The summed E-state index contributed by atoms with van der Waals surface area (Å²) < 4.78 is 23.4. The van der Waals surface area contributed by atoms with Crippen LogP contribution in [0, 0.1) is 15.9 Å². The quantitative estimate of drug-likeness (QED) is 0.602. The topological polar surface area (TPSA) is 90.7 Å². The molecule has 2 atom stereocenters. The van der Waals surface area contributed by atoms with Crippen LogP contribution in [0.2, 0.25) is 0 Å². The molecule has 7 nitrogen and oxygen atoms in total. The zero-order valence-corrected chi connectivity index (χ0v) is 14.6. The van der Waals surface area contributed by atoms with Gasteiger partial charge in [-0.05, 0) is 43.7 Å². The molecule has 138 valence electrons. The molecule has 26 heavy (non-hydrogen) atoms. The van der Waals surface area contributed by atoms with E-state index in [4.69, 9.17) is 9.47 Å². The van der Waals surface area contributed by atoms with E-state index in [2.05, 4.69) is 5.32 Å². The molecular weight excluding hydrogens is 343 g/mol. The van der Waals surface area contributed by atoms with Crippen molar-refractivity contribution in [2.75, 3.05) is 7.11 Å². The fraction of sp³-hybridized carbons (Fsp3) is 0.278. The monoisotopic (exact) mass is 362 g/mol. The average molecular weight is 362 g/mol. The van der Waals surface area contributed by atoms with Crippen LogP contribution in [-0.4, -0.2) is 24.0 Å². The second-order valence-corrected chi connectivity index (χ2v) is 5.63. The summed E-state index contributed by atoms with van der Waals surface area (Å²) in [6.45, 7) is 3.23. The number of hydrogen-bond donors (Lipinski definition) is 1. The average Bonchev–Trinajstić information content (AvgIpc) is 2.62. The van der Waals surface area contributed by atoms with Gasteiger partial charge in [-0.25, -0.2) is 4.39 Å². The van der Waals surface area contributed by atoms with E-state index < -0.39 is 16.9 Å². The van der Waals surface area contributed by atoms with Gasteiger partial charge in [-0.3, -0.25) is 14.9 Å². The molecule has 0 saturated carbocycles. The first-order chi connectivity index (χ1) is 12.3. The van der Waals surface area contributed by atoms with Crippen LogP contribution in [0.15, 0.2) is 42.5 Å². The number of carbonyl (C=O) groups is 1. The van der Waals surface area contributed by atoms with E-state index in [0.717, 1.165) is 5.56 Å². The van der Waals surface area contributed by atoms with E-state index in [0.29, 0.717) is 5.75 Å². The molecule has 0 radical (unpaired) electrons. The van der Waals surface area contributed by atoms with E-state index in [9.17, 15) is 19.3 Å². The second-order valence-electron chi connectivity index (χ2n) is 5.63. The lowest BCUT2D eigenvalue weighted by Crippen LogP contribution is -2.37. The van der Waals surface area contributed by atoms with Crippen molar-refractivity contribution in [3.05, 3.63) is 64.0 Å². The Morgan fingerprint density at radius 3 is 2.42 bits per heavy atom. The molecule has 0 bridgehead atoms. The Morgan fingerprint density at radius 1 is 1.19 bits per heavy atom. The van der Waals surface area contributed by atoms with Crippen LogP contribution in [0.1, 0.15) is 25.5 Å². The van der Waals surface area contributed by atoms with Crippen LogP contribution < -0.4 is 14.8 Å². The largest absolute Gasteiger partial charge is 0.496 e. The van der Waals surface area contributed by atoms with Gasteiger partial charge in [-0.2, -0.15) is 0 Å². The van der Waals surface area contributed by atoms with E-state index in [-0.39, 0.29) is 23.3 Å². The lowest BCUT2D eigenvalue weighted by atomic mass is 10.1. The highest BCUT2D eigenvalue weighted by atomic mass is 19.1. The number of methoxy groups -OCH3 is 1. The zero-order valence-electron chi connectivity index (χ0n) is 14.6. The minimum atomic E-state index is -0.968. The van der Waals surface area contributed by atoms with Crippen LogP contribution in [0.3, 0.4) is 0 Å². The molecular formula is C18H19FN2O5. The molecule has 0 aromatic heterocycles. The van der Waals surface area contributed by atoms with Gasteiger partial charge < -0.3 is 14.8 Å². The Hall–Kier alpha value is -3.16. The molecule has 2 aromatic carbocycles. The Balaban J connectivity index is 2.07. The van der Waals surface area contributed by atoms with Crippen LogP contribution in [0.4, 0.5) is 10.1 Å². The number of carbonyl (C=O) groups excluding carboxylic acids is 1. The van der Waals surface area contributed by atoms with Crippen LogP contribution in [-0.2, 0) is 4.79 Å². The third-order valence-corrected chi connectivity index (χ3v) is 3.76. The van der Waals surface area contributed by atoms with Crippen molar-refractivity contribution in [1.82, 2.24) is 5.32 Å². The summed E-state index contributed by atoms with van der Waals surface area (Å²) in [7, 11) is 1.40. The summed E-state index contributed by atoms with van der Waals surface area (Å²) in [6.07, 6.45) is -0.968. The number of rotatable bonds is 7. The third-order valence-electron chi connectivity index (χ3n) is 3.76. The van der Waals surface area contributed by atoms with Gasteiger partial charge in [0.05, 0.1) is 24.1 Å². The lowest BCUT2D eigenvalue weighted by Gasteiger charge is -2.19. The van der Waals surface area contributed by atoms with Crippen molar-refractivity contribution in [3.63, 3.8) is 0 Å². The van der Waals surface area contributed by atoms with E-state index in [1.54, 1.807) is 19.1 Å². The molecule has 2 aromatic rings. The van der Waals surface area contributed by atoms with Crippen LogP contribution >= 0.6 is 0 Å². The highest BCUT2D eigenvalue weighted by Gasteiger charge is 2.23.